The normalized spacial score (nSPS) is 11.0. The highest BCUT2D eigenvalue weighted by Gasteiger charge is 2.16. The summed E-state index contributed by atoms with van der Waals surface area (Å²) in [7, 11) is 0. The molecular formula is C22H19BrN4O2S. The number of benzene rings is 2. The zero-order valence-corrected chi connectivity index (χ0v) is 18.9. The van der Waals surface area contributed by atoms with Gasteiger partial charge in [0.2, 0.25) is 5.89 Å². The van der Waals surface area contributed by atoms with Crippen LogP contribution in [0.3, 0.4) is 0 Å². The molecule has 4 rings (SSSR count). The van der Waals surface area contributed by atoms with Crippen molar-refractivity contribution in [1.82, 2.24) is 20.0 Å². The van der Waals surface area contributed by atoms with Crippen molar-refractivity contribution in [2.45, 2.75) is 25.6 Å². The first-order valence-electron chi connectivity index (χ1n) is 9.35. The van der Waals surface area contributed by atoms with E-state index in [4.69, 9.17) is 4.42 Å². The van der Waals surface area contributed by atoms with Crippen LogP contribution < -0.4 is 0 Å². The average molecular weight is 483 g/mol. The van der Waals surface area contributed by atoms with Gasteiger partial charge in [-0.05, 0) is 40.9 Å². The number of carbonyl (C=O) groups excluding carboxylic acids is 1. The molecule has 0 fully saturated rings. The van der Waals surface area contributed by atoms with E-state index in [1.807, 2.05) is 73.1 Å². The van der Waals surface area contributed by atoms with E-state index in [1.165, 1.54) is 11.8 Å². The Morgan fingerprint density at radius 2 is 1.80 bits per heavy atom. The van der Waals surface area contributed by atoms with Crippen LogP contribution in [-0.2, 0) is 6.54 Å². The molecule has 0 N–H and O–H groups in total. The van der Waals surface area contributed by atoms with Gasteiger partial charge in [0.25, 0.3) is 5.22 Å². The van der Waals surface area contributed by atoms with Crippen molar-refractivity contribution in [3.63, 3.8) is 0 Å². The number of halogens is 1. The first-order chi connectivity index (χ1) is 14.5. The fourth-order valence-corrected chi connectivity index (χ4v) is 4.07. The molecule has 2 aromatic heterocycles. The van der Waals surface area contributed by atoms with Gasteiger partial charge in [0, 0.05) is 5.56 Å². The lowest BCUT2D eigenvalue weighted by molar-refractivity contribution is 0.102. The molecule has 0 atom stereocenters. The Hall–Kier alpha value is -2.71. The molecule has 0 aliphatic rings. The predicted octanol–water partition coefficient (Wildman–Crippen LogP) is 5.34. The fraction of sp³-hybridized carbons (Fsp3) is 0.182. The fourth-order valence-electron chi connectivity index (χ4n) is 3.12. The molecule has 0 amide bonds. The lowest BCUT2D eigenvalue weighted by atomic mass is 9.98. The number of aryl methyl sites for hydroxylation is 1. The number of rotatable bonds is 7. The van der Waals surface area contributed by atoms with Crippen LogP contribution in [0, 0.1) is 13.8 Å². The van der Waals surface area contributed by atoms with Gasteiger partial charge in [0.05, 0.1) is 21.6 Å². The van der Waals surface area contributed by atoms with Crippen molar-refractivity contribution in [2.24, 2.45) is 0 Å². The second-order valence-electron chi connectivity index (χ2n) is 6.73. The summed E-state index contributed by atoms with van der Waals surface area (Å²) in [5, 5.41) is 13.0. The Kier molecular flexibility index (Phi) is 6.15. The third kappa shape index (κ3) is 4.39. The lowest BCUT2D eigenvalue weighted by Gasteiger charge is -2.08. The van der Waals surface area contributed by atoms with Gasteiger partial charge >= 0.3 is 0 Å². The molecule has 2 aromatic carbocycles. The Bertz CT molecular complexity index is 1190. The van der Waals surface area contributed by atoms with E-state index in [0.717, 1.165) is 27.0 Å². The number of aromatic nitrogens is 4. The third-order valence-corrected chi connectivity index (χ3v) is 6.63. The summed E-state index contributed by atoms with van der Waals surface area (Å²) in [5.74, 6) is 0.686. The Morgan fingerprint density at radius 3 is 2.53 bits per heavy atom. The van der Waals surface area contributed by atoms with Crippen LogP contribution in [0.2, 0.25) is 0 Å². The van der Waals surface area contributed by atoms with E-state index < -0.39 is 0 Å². The summed E-state index contributed by atoms with van der Waals surface area (Å²) in [6.07, 6.45) is 0. The number of nitrogens with zero attached hydrogens (tertiary/aromatic N) is 4. The molecule has 0 spiro atoms. The molecule has 6 nitrogen and oxygen atoms in total. The van der Waals surface area contributed by atoms with Gasteiger partial charge in [-0.3, -0.25) is 9.48 Å². The van der Waals surface area contributed by atoms with Crippen molar-refractivity contribution in [2.75, 3.05) is 5.75 Å². The molecule has 152 valence electrons. The molecule has 2 heterocycles. The molecule has 0 bridgehead atoms. The number of Topliss-reactive ketones (excluding diaryl/α,β-unsaturated/α-hetero) is 1. The maximum absolute atomic E-state index is 12.9. The van der Waals surface area contributed by atoms with Crippen LogP contribution in [-0.4, -0.2) is 31.5 Å². The number of hydrogen-bond acceptors (Lipinski definition) is 6. The van der Waals surface area contributed by atoms with Gasteiger partial charge in [0.15, 0.2) is 5.78 Å². The van der Waals surface area contributed by atoms with Crippen molar-refractivity contribution in [3.8, 4) is 11.1 Å². The monoisotopic (exact) mass is 482 g/mol. The van der Waals surface area contributed by atoms with Crippen LogP contribution in [0.4, 0.5) is 0 Å². The number of ketones is 1. The molecule has 4 aromatic rings. The van der Waals surface area contributed by atoms with E-state index in [0.29, 0.717) is 23.2 Å². The Morgan fingerprint density at radius 1 is 1.07 bits per heavy atom. The van der Waals surface area contributed by atoms with Crippen molar-refractivity contribution in [3.05, 3.63) is 81.9 Å². The highest BCUT2D eigenvalue weighted by molar-refractivity contribution is 9.10. The van der Waals surface area contributed by atoms with Crippen molar-refractivity contribution >= 4 is 33.5 Å². The predicted molar refractivity (Wildman–Crippen MR) is 120 cm³/mol. The first kappa shape index (κ1) is 20.6. The smallest absolute Gasteiger partial charge is 0.277 e. The zero-order chi connectivity index (χ0) is 21.1. The van der Waals surface area contributed by atoms with Crippen LogP contribution in [0.5, 0.6) is 0 Å². The van der Waals surface area contributed by atoms with E-state index in [-0.39, 0.29) is 11.5 Å². The maximum Gasteiger partial charge on any atom is 0.277 e. The second-order valence-corrected chi connectivity index (χ2v) is 8.45. The van der Waals surface area contributed by atoms with Crippen LogP contribution in [0.15, 0.2) is 68.7 Å². The minimum Gasteiger partial charge on any atom is -0.414 e. The Labute approximate surface area is 186 Å². The second kappa shape index (κ2) is 8.97. The lowest BCUT2D eigenvalue weighted by Crippen LogP contribution is -2.04. The topological polar surface area (TPSA) is 73.8 Å². The molecule has 0 aliphatic heterocycles. The third-order valence-electron chi connectivity index (χ3n) is 4.67. The van der Waals surface area contributed by atoms with E-state index in [1.54, 1.807) is 0 Å². The summed E-state index contributed by atoms with van der Waals surface area (Å²) in [4.78, 5) is 12.9. The van der Waals surface area contributed by atoms with Gasteiger partial charge in [-0.25, -0.2) is 0 Å². The van der Waals surface area contributed by atoms with Crippen LogP contribution in [0.1, 0.15) is 27.6 Å². The minimum absolute atomic E-state index is 0.0154. The molecule has 0 unspecified atom stereocenters. The number of thioether (sulfide) groups is 1. The zero-order valence-electron chi connectivity index (χ0n) is 16.5. The van der Waals surface area contributed by atoms with Crippen LogP contribution >= 0.6 is 27.7 Å². The van der Waals surface area contributed by atoms with Crippen molar-refractivity contribution in [1.29, 1.82) is 0 Å². The first-order valence-corrected chi connectivity index (χ1v) is 11.1. The van der Waals surface area contributed by atoms with Gasteiger partial charge in [-0.2, -0.15) is 5.10 Å². The maximum atomic E-state index is 12.9. The van der Waals surface area contributed by atoms with Gasteiger partial charge in [-0.1, -0.05) is 66.4 Å². The summed E-state index contributed by atoms with van der Waals surface area (Å²) < 4.78 is 8.48. The van der Waals surface area contributed by atoms with Gasteiger partial charge in [-0.15, -0.1) is 10.2 Å². The molecular weight excluding hydrogens is 464 g/mol. The minimum atomic E-state index is 0.0154. The molecule has 0 saturated carbocycles. The van der Waals surface area contributed by atoms with Gasteiger partial charge in [0.1, 0.15) is 6.54 Å². The summed E-state index contributed by atoms with van der Waals surface area (Å²) >= 11 is 4.76. The van der Waals surface area contributed by atoms with Gasteiger partial charge < -0.3 is 4.42 Å². The quantitative estimate of drug-likeness (QED) is 0.261. The highest BCUT2D eigenvalue weighted by Crippen LogP contribution is 2.26. The Balaban J connectivity index is 1.44. The number of hydrogen-bond donors (Lipinski definition) is 0. The SMILES string of the molecule is Cc1nn(Cc2nnc(SCC(=O)c3ccccc3-c3ccccc3)o2)c(C)c1Br. The van der Waals surface area contributed by atoms with Crippen molar-refractivity contribution < 1.29 is 9.21 Å². The van der Waals surface area contributed by atoms with E-state index in [9.17, 15) is 4.79 Å². The summed E-state index contributed by atoms with van der Waals surface area (Å²) in [5.41, 5.74) is 4.52. The summed E-state index contributed by atoms with van der Waals surface area (Å²) in [6, 6.07) is 17.5. The average Bonchev–Trinajstić information content (AvgIpc) is 3.32. The van der Waals surface area contributed by atoms with E-state index >= 15 is 0 Å². The van der Waals surface area contributed by atoms with Crippen LogP contribution in [0.25, 0.3) is 11.1 Å². The molecule has 0 aliphatic carbocycles. The summed E-state index contributed by atoms with van der Waals surface area (Å²) in [6.45, 7) is 4.29. The largest absolute Gasteiger partial charge is 0.414 e. The molecule has 30 heavy (non-hydrogen) atoms. The van der Waals surface area contributed by atoms with E-state index in [2.05, 4.69) is 31.2 Å². The number of carbonyl (C=O) groups is 1. The standard InChI is InChI=1S/C22H19BrN4O2S/c1-14-21(23)15(2)27(26-14)12-20-24-25-22(29-20)30-13-19(28)18-11-7-6-10-17(18)16-8-4-3-5-9-16/h3-11H,12-13H2,1-2H3. The highest BCUT2D eigenvalue weighted by atomic mass is 79.9. The molecule has 0 saturated heterocycles. The molecule has 0 radical (unpaired) electrons. The molecule has 8 heteroatoms.